The van der Waals surface area contributed by atoms with E-state index in [1.807, 2.05) is 6.92 Å². The molecule has 0 aliphatic carbocycles. The van der Waals surface area contributed by atoms with E-state index < -0.39 is 0 Å². The summed E-state index contributed by atoms with van der Waals surface area (Å²) >= 11 is 3.32. The third-order valence-corrected chi connectivity index (χ3v) is 2.69. The highest BCUT2D eigenvalue weighted by molar-refractivity contribution is 9.09. The Hall–Kier alpha value is -0.580. The molecule has 0 aliphatic heterocycles. The zero-order valence-electron chi connectivity index (χ0n) is 10.00. The van der Waals surface area contributed by atoms with E-state index in [1.165, 1.54) is 4.90 Å². The van der Waals surface area contributed by atoms with Crippen molar-refractivity contribution in [1.29, 1.82) is 0 Å². The van der Waals surface area contributed by atoms with Gasteiger partial charge >= 0.3 is 5.97 Å². The summed E-state index contributed by atoms with van der Waals surface area (Å²) < 4.78 is 4.81. The first kappa shape index (κ1) is 15.4. The molecule has 0 radical (unpaired) electrons. The predicted molar refractivity (Wildman–Crippen MR) is 66.5 cm³/mol. The van der Waals surface area contributed by atoms with Crippen molar-refractivity contribution in [3.05, 3.63) is 0 Å². The summed E-state index contributed by atoms with van der Waals surface area (Å²) in [6, 6.07) is 0. The summed E-state index contributed by atoms with van der Waals surface area (Å²) in [6.07, 6.45) is 2.32. The summed E-state index contributed by atoms with van der Waals surface area (Å²) in [6.45, 7) is 4.59. The Balaban J connectivity index is 3.96. The second-order valence-corrected chi connectivity index (χ2v) is 4.15. The molecule has 0 saturated heterocycles. The van der Waals surface area contributed by atoms with Crippen molar-refractivity contribution >= 4 is 27.8 Å². The molecule has 0 bridgehead atoms. The number of rotatable bonds is 8. The monoisotopic (exact) mass is 293 g/mol. The Morgan fingerprint density at radius 3 is 2.44 bits per heavy atom. The summed E-state index contributed by atoms with van der Waals surface area (Å²) in [5.74, 6) is -0.310. The largest absolute Gasteiger partial charge is 0.465 e. The van der Waals surface area contributed by atoms with Crippen molar-refractivity contribution in [1.82, 2.24) is 4.90 Å². The fourth-order valence-electron chi connectivity index (χ4n) is 1.27. The molecule has 0 spiro atoms. The van der Waals surface area contributed by atoms with Gasteiger partial charge in [0, 0.05) is 18.3 Å². The molecule has 0 saturated carbocycles. The van der Waals surface area contributed by atoms with E-state index in [4.69, 9.17) is 4.74 Å². The van der Waals surface area contributed by atoms with Crippen molar-refractivity contribution in [2.75, 3.05) is 25.0 Å². The highest BCUT2D eigenvalue weighted by atomic mass is 79.9. The number of unbranched alkanes of at least 4 members (excludes halogenated alkanes) is 1. The predicted octanol–water partition coefficient (Wildman–Crippen LogP) is 1.96. The first-order chi connectivity index (χ1) is 7.65. The maximum atomic E-state index is 11.7. The van der Waals surface area contributed by atoms with Crippen molar-refractivity contribution in [3.63, 3.8) is 0 Å². The zero-order valence-corrected chi connectivity index (χ0v) is 11.6. The van der Waals surface area contributed by atoms with Crippen LogP contribution in [0.3, 0.4) is 0 Å². The summed E-state index contributed by atoms with van der Waals surface area (Å²) in [7, 11) is 0. The van der Waals surface area contributed by atoms with Gasteiger partial charge in [-0.2, -0.15) is 0 Å². The molecule has 5 heteroatoms. The van der Waals surface area contributed by atoms with Crippen LogP contribution in [0.15, 0.2) is 0 Å². The molecule has 0 fully saturated rings. The van der Waals surface area contributed by atoms with Crippen LogP contribution in [0.2, 0.25) is 0 Å². The van der Waals surface area contributed by atoms with E-state index in [9.17, 15) is 9.59 Å². The molecule has 94 valence electrons. The molecule has 0 N–H and O–H groups in total. The third kappa shape index (κ3) is 6.82. The molecule has 0 rings (SSSR count). The first-order valence-electron chi connectivity index (χ1n) is 5.65. The van der Waals surface area contributed by atoms with E-state index in [-0.39, 0.29) is 18.4 Å². The number of carbonyl (C=O) groups is 2. The lowest BCUT2D eigenvalue weighted by molar-refractivity contribution is -0.148. The van der Waals surface area contributed by atoms with Gasteiger partial charge < -0.3 is 9.64 Å². The number of carbonyl (C=O) groups excluding carboxylic acids is 2. The number of hydrogen-bond acceptors (Lipinski definition) is 3. The number of likely N-dealkylation sites (N-methyl/N-ethyl adjacent to an activating group) is 1. The number of halogens is 1. The number of esters is 1. The molecule has 1 amide bonds. The molecule has 4 nitrogen and oxygen atoms in total. The van der Waals surface area contributed by atoms with Crippen LogP contribution >= 0.6 is 15.9 Å². The second kappa shape index (κ2) is 9.63. The summed E-state index contributed by atoms with van der Waals surface area (Å²) in [5, 5.41) is 0.907. The van der Waals surface area contributed by atoms with Crippen LogP contribution in [0.1, 0.15) is 33.1 Å². The SMILES string of the molecule is CCOC(=O)CN(CC)C(=O)CCCCBr. The lowest BCUT2D eigenvalue weighted by Gasteiger charge is -2.19. The molecular formula is C11H20BrNO3. The van der Waals surface area contributed by atoms with Crippen LogP contribution in [0.5, 0.6) is 0 Å². The normalized spacial score (nSPS) is 9.94. The highest BCUT2D eigenvalue weighted by Gasteiger charge is 2.15. The van der Waals surface area contributed by atoms with Crippen LogP contribution in [0.4, 0.5) is 0 Å². The summed E-state index contributed by atoms with van der Waals surface area (Å²) in [5.41, 5.74) is 0. The van der Waals surface area contributed by atoms with Crippen molar-refractivity contribution in [2.45, 2.75) is 33.1 Å². The van der Waals surface area contributed by atoms with Gasteiger partial charge in [-0.05, 0) is 26.7 Å². The van der Waals surface area contributed by atoms with Crippen LogP contribution in [0.25, 0.3) is 0 Å². The molecule has 0 aliphatic rings. The molecule has 0 aromatic rings. The van der Waals surface area contributed by atoms with Crippen molar-refractivity contribution < 1.29 is 14.3 Å². The Morgan fingerprint density at radius 2 is 1.94 bits per heavy atom. The standard InChI is InChI=1S/C11H20BrNO3/c1-3-13(9-11(15)16-4-2)10(14)7-5-6-8-12/h3-9H2,1-2H3. The van der Waals surface area contributed by atoms with Gasteiger partial charge in [0.1, 0.15) is 6.54 Å². The first-order valence-corrected chi connectivity index (χ1v) is 6.77. The quantitative estimate of drug-likeness (QED) is 0.390. The molecule has 0 heterocycles. The average molecular weight is 294 g/mol. The third-order valence-electron chi connectivity index (χ3n) is 2.13. The van der Waals surface area contributed by atoms with Gasteiger partial charge in [0.15, 0.2) is 0 Å². The van der Waals surface area contributed by atoms with Gasteiger partial charge in [0.2, 0.25) is 5.91 Å². The van der Waals surface area contributed by atoms with Crippen LogP contribution in [-0.4, -0.2) is 41.8 Å². The molecule has 0 atom stereocenters. The fourth-order valence-corrected chi connectivity index (χ4v) is 1.66. The number of hydrogen-bond donors (Lipinski definition) is 0. The van der Waals surface area contributed by atoms with Gasteiger partial charge in [-0.3, -0.25) is 9.59 Å². The number of alkyl halides is 1. The van der Waals surface area contributed by atoms with E-state index in [0.29, 0.717) is 19.6 Å². The lowest BCUT2D eigenvalue weighted by atomic mass is 10.2. The smallest absolute Gasteiger partial charge is 0.325 e. The van der Waals surface area contributed by atoms with Crippen LogP contribution in [-0.2, 0) is 14.3 Å². The number of nitrogens with zero attached hydrogens (tertiary/aromatic N) is 1. The minimum absolute atomic E-state index is 0.0245. The second-order valence-electron chi connectivity index (χ2n) is 3.36. The summed E-state index contributed by atoms with van der Waals surface area (Å²) in [4.78, 5) is 24.4. The topological polar surface area (TPSA) is 46.6 Å². The maximum absolute atomic E-state index is 11.7. The Bertz CT molecular complexity index is 221. The molecular weight excluding hydrogens is 274 g/mol. The Morgan fingerprint density at radius 1 is 1.25 bits per heavy atom. The van der Waals surface area contributed by atoms with Gasteiger partial charge in [-0.1, -0.05) is 15.9 Å². The minimum atomic E-state index is -0.335. The minimum Gasteiger partial charge on any atom is -0.465 e. The molecule has 0 unspecified atom stereocenters. The molecule has 16 heavy (non-hydrogen) atoms. The Kier molecular flexibility index (Phi) is 9.28. The van der Waals surface area contributed by atoms with Crippen LogP contribution < -0.4 is 0 Å². The van der Waals surface area contributed by atoms with Gasteiger partial charge in [-0.25, -0.2) is 0 Å². The van der Waals surface area contributed by atoms with Crippen molar-refractivity contribution in [2.24, 2.45) is 0 Å². The zero-order chi connectivity index (χ0) is 12.4. The van der Waals surface area contributed by atoms with E-state index in [2.05, 4.69) is 15.9 Å². The van der Waals surface area contributed by atoms with E-state index >= 15 is 0 Å². The van der Waals surface area contributed by atoms with Crippen LogP contribution in [0, 0.1) is 0 Å². The highest BCUT2D eigenvalue weighted by Crippen LogP contribution is 2.03. The lowest BCUT2D eigenvalue weighted by Crippen LogP contribution is -2.36. The molecule has 0 aromatic heterocycles. The molecule has 0 aromatic carbocycles. The van der Waals surface area contributed by atoms with E-state index in [1.54, 1.807) is 6.92 Å². The number of amides is 1. The fraction of sp³-hybridized carbons (Fsp3) is 0.818. The Labute approximate surface area is 105 Å². The average Bonchev–Trinajstić information content (AvgIpc) is 2.26. The van der Waals surface area contributed by atoms with E-state index in [0.717, 1.165) is 18.2 Å². The van der Waals surface area contributed by atoms with Crippen molar-refractivity contribution in [3.8, 4) is 0 Å². The van der Waals surface area contributed by atoms with Gasteiger partial charge in [-0.15, -0.1) is 0 Å². The maximum Gasteiger partial charge on any atom is 0.325 e. The number of ether oxygens (including phenoxy) is 1. The van der Waals surface area contributed by atoms with Gasteiger partial charge in [0.25, 0.3) is 0 Å². The van der Waals surface area contributed by atoms with Gasteiger partial charge in [0.05, 0.1) is 6.61 Å².